The third-order valence-corrected chi connectivity index (χ3v) is 4.35. The van der Waals surface area contributed by atoms with Crippen LogP contribution in [0.25, 0.3) is 0 Å². The van der Waals surface area contributed by atoms with Crippen LogP contribution in [0.3, 0.4) is 0 Å². The van der Waals surface area contributed by atoms with Crippen LogP contribution in [0, 0.1) is 5.92 Å². The molecule has 0 saturated heterocycles. The number of hydrogen-bond donors (Lipinski definition) is 0. The molecule has 6 heteroatoms. The van der Waals surface area contributed by atoms with Gasteiger partial charge in [0, 0.05) is 0 Å². The zero-order chi connectivity index (χ0) is 18.4. The van der Waals surface area contributed by atoms with E-state index in [1.54, 1.807) is 0 Å². The zero-order valence-electron chi connectivity index (χ0n) is 15.8. The van der Waals surface area contributed by atoms with Crippen LogP contribution in [0.2, 0.25) is 0 Å². The molecule has 0 fully saturated rings. The quantitative estimate of drug-likeness (QED) is 0.262. The number of rotatable bonds is 14. The van der Waals surface area contributed by atoms with E-state index in [1.165, 1.54) is 11.8 Å². The molecule has 0 spiro atoms. The lowest BCUT2D eigenvalue weighted by atomic mass is 10.2. The summed E-state index contributed by atoms with van der Waals surface area (Å²) >= 11 is 1.32. The molecule has 0 aliphatic carbocycles. The monoisotopic (exact) mass is 362 g/mol. The number of carbonyl (C=O) groups excluding carboxylic acids is 2. The summed E-state index contributed by atoms with van der Waals surface area (Å²) < 4.78 is 16.1. The van der Waals surface area contributed by atoms with Gasteiger partial charge in [-0.3, -0.25) is 9.59 Å². The Labute approximate surface area is 151 Å². The van der Waals surface area contributed by atoms with Crippen molar-refractivity contribution in [2.24, 2.45) is 5.92 Å². The van der Waals surface area contributed by atoms with Crippen LogP contribution < -0.4 is 0 Å². The molecule has 24 heavy (non-hydrogen) atoms. The fraction of sp³-hybridized carbons (Fsp3) is 0.889. The van der Waals surface area contributed by atoms with Crippen LogP contribution in [0.5, 0.6) is 0 Å². The van der Waals surface area contributed by atoms with E-state index in [4.69, 9.17) is 14.2 Å². The Morgan fingerprint density at radius 3 is 2.08 bits per heavy atom. The van der Waals surface area contributed by atoms with E-state index >= 15 is 0 Å². The maximum Gasteiger partial charge on any atom is 0.319 e. The van der Waals surface area contributed by atoms with Gasteiger partial charge in [0.2, 0.25) is 0 Å². The molecule has 0 aromatic heterocycles. The Bertz CT molecular complexity index is 346. The fourth-order valence-electron chi connectivity index (χ4n) is 1.74. The Balaban J connectivity index is 4.51. The van der Waals surface area contributed by atoms with Gasteiger partial charge in [-0.05, 0) is 25.7 Å². The second-order valence-corrected chi connectivity index (χ2v) is 7.72. The molecule has 0 aliphatic rings. The maximum absolute atomic E-state index is 12.3. The Morgan fingerprint density at radius 2 is 1.54 bits per heavy atom. The highest BCUT2D eigenvalue weighted by Gasteiger charge is 2.27. The highest BCUT2D eigenvalue weighted by Crippen LogP contribution is 2.24. The molecular formula is C18H34O5S. The SMILES string of the molecule is CCCCOC(=O)CC(S[C@@H](C)OCC(C)C)C(=O)OCCCC. The van der Waals surface area contributed by atoms with Gasteiger partial charge in [0.25, 0.3) is 0 Å². The molecular weight excluding hydrogens is 328 g/mol. The first-order valence-corrected chi connectivity index (χ1v) is 9.94. The Morgan fingerprint density at radius 1 is 0.958 bits per heavy atom. The standard InChI is InChI=1S/C18H34O5S/c1-6-8-10-21-17(19)12-16(18(20)22-11-9-7-2)24-15(5)23-13-14(3)4/h14-16H,6-13H2,1-5H3/t15-,16?/m0/s1. The lowest BCUT2D eigenvalue weighted by Crippen LogP contribution is -2.27. The predicted molar refractivity (Wildman–Crippen MR) is 98.0 cm³/mol. The van der Waals surface area contributed by atoms with E-state index in [9.17, 15) is 9.59 Å². The first-order valence-electron chi connectivity index (χ1n) is 8.99. The average molecular weight is 363 g/mol. The van der Waals surface area contributed by atoms with Crippen molar-refractivity contribution < 1.29 is 23.8 Å². The second-order valence-electron chi connectivity index (χ2n) is 6.22. The van der Waals surface area contributed by atoms with E-state index in [2.05, 4.69) is 13.8 Å². The maximum atomic E-state index is 12.3. The van der Waals surface area contributed by atoms with Crippen LogP contribution in [-0.2, 0) is 23.8 Å². The highest BCUT2D eigenvalue weighted by atomic mass is 32.2. The number of hydrogen-bond acceptors (Lipinski definition) is 6. The molecule has 0 aliphatic heterocycles. The first kappa shape index (κ1) is 23.2. The molecule has 5 nitrogen and oxygen atoms in total. The molecule has 142 valence electrons. The molecule has 1 unspecified atom stereocenters. The van der Waals surface area contributed by atoms with Gasteiger partial charge in [-0.2, -0.15) is 0 Å². The van der Waals surface area contributed by atoms with Crippen molar-refractivity contribution in [3.8, 4) is 0 Å². The summed E-state index contributed by atoms with van der Waals surface area (Å²) in [4.78, 5) is 24.2. The van der Waals surface area contributed by atoms with Crippen molar-refractivity contribution in [2.75, 3.05) is 19.8 Å². The summed E-state index contributed by atoms with van der Waals surface area (Å²) in [6.07, 6.45) is 3.60. The molecule has 0 amide bonds. The van der Waals surface area contributed by atoms with Crippen LogP contribution in [0.1, 0.15) is 66.7 Å². The first-order chi connectivity index (χ1) is 11.4. The van der Waals surface area contributed by atoms with E-state index in [0.29, 0.717) is 25.7 Å². The summed E-state index contributed by atoms with van der Waals surface area (Å²) in [6.45, 7) is 11.5. The normalized spacial score (nSPS) is 13.6. The van der Waals surface area contributed by atoms with Gasteiger partial charge in [0.1, 0.15) is 10.7 Å². The van der Waals surface area contributed by atoms with Crippen LogP contribution in [-0.4, -0.2) is 42.4 Å². The summed E-state index contributed by atoms with van der Waals surface area (Å²) in [7, 11) is 0. The lowest BCUT2D eigenvalue weighted by molar-refractivity contribution is -0.149. The number of unbranched alkanes of at least 4 members (excludes halogenated alkanes) is 2. The Hall–Kier alpha value is -0.750. The lowest BCUT2D eigenvalue weighted by Gasteiger charge is -2.20. The summed E-state index contributed by atoms with van der Waals surface area (Å²) in [6, 6.07) is 0. The molecule has 0 aromatic rings. The Kier molecular flexibility index (Phi) is 14.1. The van der Waals surface area contributed by atoms with Gasteiger partial charge in [0.05, 0.1) is 26.2 Å². The van der Waals surface area contributed by atoms with Crippen molar-refractivity contribution in [1.82, 2.24) is 0 Å². The van der Waals surface area contributed by atoms with E-state index in [1.807, 2.05) is 20.8 Å². The molecule has 0 radical (unpaired) electrons. The van der Waals surface area contributed by atoms with Crippen molar-refractivity contribution >= 4 is 23.7 Å². The van der Waals surface area contributed by atoms with Crippen LogP contribution in [0.4, 0.5) is 0 Å². The second kappa shape index (κ2) is 14.6. The largest absolute Gasteiger partial charge is 0.466 e. The highest BCUT2D eigenvalue weighted by molar-refractivity contribution is 8.01. The van der Waals surface area contributed by atoms with Crippen LogP contribution >= 0.6 is 11.8 Å². The van der Waals surface area contributed by atoms with Crippen molar-refractivity contribution in [1.29, 1.82) is 0 Å². The van der Waals surface area contributed by atoms with E-state index in [-0.39, 0.29) is 23.8 Å². The molecule has 2 atom stereocenters. The summed E-state index contributed by atoms with van der Waals surface area (Å²) in [5, 5.41) is -0.585. The minimum Gasteiger partial charge on any atom is -0.466 e. The number of ether oxygens (including phenoxy) is 3. The smallest absolute Gasteiger partial charge is 0.319 e. The van der Waals surface area contributed by atoms with Gasteiger partial charge in [-0.25, -0.2) is 0 Å². The molecule has 0 heterocycles. The topological polar surface area (TPSA) is 61.8 Å². The van der Waals surface area contributed by atoms with E-state index in [0.717, 1.165) is 25.7 Å². The number of carbonyl (C=O) groups is 2. The molecule has 0 N–H and O–H groups in total. The minimum atomic E-state index is -0.585. The molecule has 0 bridgehead atoms. The molecule has 0 rings (SSSR count). The predicted octanol–water partition coefficient (Wildman–Crippen LogP) is 4.18. The fourth-order valence-corrected chi connectivity index (χ4v) is 2.77. The molecule has 0 aromatic carbocycles. The van der Waals surface area contributed by atoms with Gasteiger partial charge < -0.3 is 14.2 Å². The zero-order valence-corrected chi connectivity index (χ0v) is 16.7. The van der Waals surface area contributed by atoms with Crippen molar-refractivity contribution in [2.45, 2.75) is 77.4 Å². The van der Waals surface area contributed by atoms with E-state index < -0.39 is 5.25 Å². The summed E-state index contributed by atoms with van der Waals surface area (Å²) in [5.41, 5.74) is -0.181. The minimum absolute atomic E-state index is 0.0225. The third kappa shape index (κ3) is 12.6. The third-order valence-electron chi connectivity index (χ3n) is 3.14. The van der Waals surface area contributed by atoms with Gasteiger partial charge in [-0.1, -0.05) is 40.5 Å². The number of esters is 2. The van der Waals surface area contributed by atoms with Gasteiger partial charge in [0.15, 0.2) is 0 Å². The van der Waals surface area contributed by atoms with Crippen LogP contribution in [0.15, 0.2) is 0 Å². The van der Waals surface area contributed by atoms with Crippen molar-refractivity contribution in [3.05, 3.63) is 0 Å². The van der Waals surface area contributed by atoms with Gasteiger partial charge in [-0.15, -0.1) is 11.8 Å². The summed E-state index contributed by atoms with van der Waals surface area (Å²) in [5.74, 6) is -0.299. The van der Waals surface area contributed by atoms with Crippen molar-refractivity contribution in [3.63, 3.8) is 0 Å². The molecule has 0 saturated carbocycles. The van der Waals surface area contributed by atoms with Gasteiger partial charge >= 0.3 is 11.9 Å². The average Bonchev–Trinajstić information content (AvgIpc) is 2.52. The number of thioether (sulfide) groups is 1.